The second-order valence-electron chi connectivity index (χ2n) is 12.7. The van der Waals surface area contributed by atoms with E-state index in [9.17, 15) is 9.59 Å². The van der Waals surface area contributed by atoms with Crippen LogP contribution in [0.5, 0.6) is 5.75 Å². The van der Waals surface area contributed by atoms with Gasteiger partial charge < -0.3 is 20.3 Å². The van der Waals surface area contributed by atoms with Crippen LogP contribution in [0.2, 0.25) is 0 Å². The van der Waals surface area contributed by atoms with Crippen molar-refractivity contribution in [3.8, 4) is 16.9 Å². The van der Waals surface area contributed by atoms with Gasteiger partial charge in [0.25, 0.3) is 5.91 Å². The summed E-state index contributed by atoms with van der Waals surface area (Å²) in [5.74, 6) is 0.729. The van der Waals surface area contributed by atoms with Crippen LogP contribution in [-0.4, -0.2) is 56.0 Å². The number of unbranched alkanes of at least 4 members (excludes halogenated alkanes) is 1. The molecule has 0 bridgehead atoms. The first-order chi connectivity index (χ1) is 19.7. The number of carbonyl (C=O) groups excluding carboxylic acids is 2. The van der Waals surface area contributed by atoms with E-state index in [0.717, 1.165) is 56.4 Å². The van der Waals surface area contributed by atoms with Crippen LogP contribution in [0.1, 0.15) is 67.9 Å². The van der Waals surface area contributed by atoms with Crippen LogP contribution in [0.15, 0.2) is 72.8 Å². The van der Waals surface area contributed by atoms with E-state index in [-0.39, 0.29) is 23.3 Å². The Hall–Kier alpha value is -3.64. The Balaban J connectivity index is 1.23. The maximum atomic E-state index is 14.1. The summed E-state index contributed by atoms with van der Waals surface area (Å²) in [6.07, 6.45) is 3.63. The number of ether oxygens (including phenoxy) is 1. The molecule has 1 aliphatic carbocycles. The van der Waals surface area contributed by atoms with Crippen LogP contribution in [0.4, 0.5) is 0 Å². The molecule has 1 saturated heterocycles. The molecule has 1 fully saturated rings. The van der Waals surface area contributed by atoms with E-state index >= 15 is 0 Å². The summed E-state index contributed by atoms with van der Waals surface area (Å²) in [6.45, 7) is 9.85. The molecule has 0 spiro atoms. The van der Waals surface area contributed by atoms with Crippen LogP contribution in [0.3, 0.4) is 0 Å². The Bertz CT molecular complexity index is 1350. The molecule has 1 atom stereocenters. The van der Waals surface area contributed by atoms with Crippen molar-refractivity contribution in [1.29, 1.82) is 0 Å². The van der Waals surface area contributed by atoms with Gasteiger partial charge in [-0.3, -0.25) is 9.59 Å². The number of likely N-dealkylation sites (tertiary alicyclic amines) is 1. The SMILES string of the molecule is COc1cccc(C(=O)NC2CCN(CCCCC3(C(=O)NCC(C)(C)C)c4ccccc4-c4ccccc43)C2)c1. The van der Waals surface area contributed by atoms with E-state index < -0.39 is 5.41 Å². The highest BCUT2D eigenvalue weighted by atomic mass is 16.5. The fourth-order valence-electron chi connectivity index (χ4n) is 6.36. The van der Waals surface area contributed by atoms with Crippen molar-refractivity contribution in [3.05, 3.63) is 89.5 Å². The number of methoxy groups -OCH3 is 1. The summed E-state index contributed by atoms with van der Waals surface area (Å²) < 4.78 is 5.26. The topological polar surface area (TPSA) is 70.7 Å². The smallest absolute Gasteiger partial charge is 0.251 e. The van der Waals surface area contributed by atoms with Gasteiger partial charge in [0.2, 0.25) is 5.91 Å². The van der Waals surface area contributed by atoms with Crippen LogP contribution in [-0.2, 0) is 10.2 Å². The standard InChI is InChI=1S/C35H43N3O3/c1-34(2,3)24-36-33(40)35(30-16-7-5-14-28(30)29-15-6-8-17-31(29)35)19-9-10-20-38-21-18-26(23-38)37-32(39)25-12-11-13-27(22-25)41-4/h5-8,11-17,22,26H,9-10,18-21,23-24H2,1-4H3,(H,36,40)(H,37,39). The Kier molecular flexibility index (Phi) is 8.50. The third kappa shape index (κ3) is 6.18. The molecule has 0 aromatic heterocycles. The Morgan fingerprint density at radius 3 is 2.29 bits per heavy atom. The predicted molar refractivity (Wildman–Crippen MR) is 164 cm³/mol. The third-order valence-electron chi connectivity index (χ3n) is 8.45. The first-order valence-electron chi connectivity index (χ1n) is 14.9. The molecule has 5 rings (SSSR count). The summed E-state index contributed by atoms with van der Waals surface area (Å²) in [7, 11) is 1.61. The molecule has 2 N–H and O–H groups in total. The van der Waals surface area contributed by atoms with Crippen molar-refractivity contribution in [2.75, 3.05) is 33.3 Å². The maximum Gasteiger partial charge on any atom is 0.251 e. The average molecular weight is 554 g/mol. The molecule has 0 radical (unpaired) electrons. The highest BCUT2D eigenvalue weighted by Gasteiger charge is 2.48. The Morgan fingerprint density at radius 2 is 1.63 bits per heavy atom. The molecule has 1 heterocycles. The van der Waals surface area contributed by atoms with Crippen LogP contribution >= 0.6 is 0 Å². The van der Waals surface area contributed by atoms with Gasteiger partial charge >= 0.3 is 0 Å². The lowest BCUT2D eigenvalue weighted by Gasteiger charge is -2.32. The summed E-state index contributed by atoms with van der Waals surface area (Å²) in [5.41, 5.74) is 4.52. The molecule has 6 heteroatoms. The molecule has 1 aliphatic heterocycles. The number of fused-ring (bicyclic) bond motifs is 3. The third-order valence-corrected chi connectivity index (χ3v) is 8.45. The fraction of sp³-hybridized carbons (Fsp3) is 0.429. The summed E-state index contributed by atoms with van der Waals surface area (Å²) in [4.78, 5) is 29.3. The number of nitrogens with zero attached hydrogens (tertiary/aromatic N) is 1. The van der Waals surface area contributed by atoms with Gasteiger partial charge in [0.1, 0.15) is 11.2 Å². The lowest BCUT2D eigenvalue weighted by molar-refractivity contribution is -0.126. The molecule has 6 nitrogen and oxygen atoms in total. The number of carbonyl (C=O) groups is 2. The maximum absolute atomic E-state index is 14.1. The number of benzene rings is 3. The molecule has 2 amide bonds. The number of nitrogens with one attached hydrogen (secondary N) is 2. The quantitative estimate of drug-likeness (QED) is 0.312. The number of amides is 2. The first-order valence-corrected chi connectivity index (χ1v) is 14.9. The zero-order chi connectivity index (χ0) is 29.0. The van der Waals surface area contributed by atoms with Crippen molar-refractivity contribution < 1.29 is 14.3 Å². The molecule has 3 aromatic carbocycles. The van der Waals surface area contributed by atoms with E-state index in [0.29, 0.717) is 17.9 Å². The van der Waals surface area contributed by atoms with Gasteiger partial charge in [0, 0.05) is 31.2 Å². The zero-order valence-corrected chi connectivity index (χ0v) is 24.8. The van der Waals surface area contributed by atoms with Gasteiger partial charge in [-0.2, -0.15) is 0 Å². The Labute approximate surface area is 244 Å². The molecule has 0 saturated carbocycles. The van der Waals surface area contributed by atoms with Gasteiger partial charge in [0.15, 0.2) is 0 Å². The van der Waals surface area contributed by atoms with Crippen molar-refractivity contribution in [3.63, 3.8) is 0 Å². The average Bonchev–Trinajstić information content (AvgIpc) is 3.54. The van der Waals surface area contributed by atoms with Crippen molar-refractivity contribution >= 4 is 11.8 Å². The lowest BCUT2D eigenvalue weighted by Crippen LogP contribution is -2.46. The van der Waals surface area contributed by atoms with Crippen molar-refractivity contribution in [1.82, 2.24) is 15.5 Å². The zero-order valence-electron chi connectivity index (χ0n) is 24.8. The molecule has 1 unspecified atom stereocenters. The van der Waals surface area contributed by atoms with Crippen LogP contribution in [0.25, 0.3) is 11.1 Å². The number of hydrogen-bond donors (Lipinski definition) is 2. The largest absolute Gasteiger partial charge is 0.497 e. The molecular formula is C35H43N3O3. The minimum atomic E-state index is -0.684. The minimum Gasteiger partial charge on any atom is -0.497 e. The first kappa shape index (κ1) is 28.9. The van der Waals surface area contributed by atoms with Crippen LogP contribution in [0, 0.1) is 5.41 Å². The summed E-state index contributed by atoms with van der Waals surface area (Å²) in [5, 5.41) is 6.51. The Morgan fingerprint density at radius 1 is 0.951 bits per heavy atom. The number of hydrogen-bond acceptors (Lipinski definition) is 4. The van der Waals surface area contributed by atoms with Gasteiger partial charge in [-0.25, -0.2) is 0 Å². The van der Waals surface area contributed by atoms with Crippen molar-refractivity contribution in [2.45, 2.75) is 57.9 Å². The second kappa shape index (κ2) is 12.1. The summed E-state index contributed by atoms with van der Waals surface area (Å²) >= 11 is 0. The van der Waals surface area contributed by atoms with Gasteiger partial charge in [-0.15, -0.1) is 0 Å². The molecule has 216 valence electrons. The monoisotopic (exact) mass is 553 g/mol. The minimum absolute atomic E-state index is 0.00276. The van der Waals surface area contributed by atoms with Crippen LogP contribution < -0.4 is 15.4 Å². The van der Waals surface area contributed by atoms with E-state index in [1.807, 2.05) is 18.2 Å². The fourth-order valence-corrected chi connectivity index (χ4v) is 6.36. The van der Waals surface area contributed by atoms with E-state index in [4.69, 9.17) is 4.74 Å². The predicted octanol–water partition coefficient (Wildman–Crippen LogP) is 5.80. The summed E-state index contributed by atoms with van der Waals surface area (Å²) in [6, 6.07) is 24.2. The van der Waals surface area contributed by atoms with Gasteiger partial charge in [-0.05, 0) is 71.7 Å². The second-order valence-corrected chi connectivity index (χ2v) is 12.7. The van der Waals surface area contributed by atoms with E-state index in [1.54, 1.807) is 13.2 Å². The van der Waals surface area contributed by atoms with Gasteiger partial charge in [0.05, 0.1) is 7.11 Å². The molecule has 41 heavy (non-hydrogen) atoms. The molecule has 2 aliphatic rings. The molecule has 3 aromatic rings. The normalized spacial score (nSPS) is 17.5. The van der Waals surface area contributed by atoms with Crippen molar-refractivity contribution in [2.24, 2.45) is 5.41 Å². The van der Waals surface area contributed by atoms with E-state index in [2.05, 4.69) is 84.8 Å². The molecular weight excluding hydrogens is 510 g/mol. The number of rotatable bonds is 10. The lowest BCUT2D eigenvalue weighted by atomic mass is 9.73. The highest BCUT2D eigenvalue weighted by Crippen LogP contribution is 2.51. The van der Waals surface area contributed by atoms with E-state index in [1.165, 1.54) is 11.1 Å². The highest BCUT2D eigenvalue weighted by molar-refractivity contribution is 6.00. The van der Waals surface area contributed by atoms with Gasteiger partial charge in [-0.1, -0.05) is 81.8 Å².